The minimum absolute atomic E-state index is 0.201. The fourth-order valence-corrected chi connectivity index (χ4v) is 0.314. The molecular weight excluding hydrogens is 158 g/mol. The maximum absolute atomic E-state index is 9.96. The molecule has 0 radical (unpaired) electrons. The predicted octanol–water partition coefficient (Wildman–Crippen LogP) is 1.28. The first kappa shape index (κ1) is 6.69. The van der Waals surface area contributed by atoms with E-state index in [1.165, 1.54) is 0 Å². The number of amides is 1. The Labute approximate surface area is 50.7 Å². The van der Waals surface area contributed by atoms with Gasteiger partial charge in [0.05, 0.1) is 0 Å². The van der Waals surface area contributed by atoms with Crippen molar-refractivity contribution in [1.29, 1.82) is 0 Å². The van der Waals surface area contributed by atoms with Crippen LogP contribution in [0.1, 0.15) is 0 Å². The van der Waals surface area contributed by atoms with Gasteiger partial charge < -0.3 is 5.32 Å². The first-order valence-electron chi connectivity index (χ1n) is 1.81. The number of hydrogen-bond donors (Lipinski definition) is 1. The van der Waals surface area contributed by atoms with Crippen LogP contribution >= 0.6 is 15.9 Å². The molecule has 0 bridgehead atoms. The van der Waals surface area contributed by atoms with Gasteiger partial charge in [0, 0.05) is 22.5 Å². The van der Waals surface area contributed by atoms with Crippen molar-refractivity contribution < 1.29 is 4.79 Å². The quantitative estimate of drug-likeness (QED) is 0.371. The van der Waals surface area contributed by atoms with Crippen LogP contribution in [0.25, 0.3) is 0 Å². The monoisotopic (exact) mass is 163 g/mol. The maximum atomic E-state index is 9.96. The Balaban J connectivity index is 2.97. The van der Waals surface area contributed by atoms with E-state index in [4.69, 9.17) is 0 Å². The molecule has 40 valence electrons. The van der Waals surface area contributed by atoms with Gasteiger partial charge >= 0.3 is 0 Å². The Hall–Kier alpha value is -0.310. The fraction of sp³-hybridized carbons (Fsp3) is 0.250. The van der Waals surface area contributed by atoms with Crippen molar-refractivity contribution in [2.75, 3.05) is 6.54 Å². The van der Waals surface area contributed by atoms with Crippen LogP contribution in [0.15, 0.2) is 12.7 Å². The van der Waals surface area contributed by atoms with E-state index in [0.29, 0.717) is 6.54 Å². The Morgan fingerprint density at radius 3 is 2.71 bits per heavy atom. The Morgan fingerprint density at radius 2 is 2.57 bits per heavy atom. The minimum Gasteiger partial charge on any atom is -0.343 e. The van der Waals surface area contributed by atoms with E-state index < -0.39 is 0 Å². The van der Waals surface area contributed by atoms with Gasteiger partial charge in [-0.25, -0.2) is 0 Å². The van der Waals surface area contributed by atoms with Crippen molar-refractivity contribution in [2.45, 2.75) is 0 Å². The first-order chi connectivity index (χ1) is 3.27. The predicted molar refractivity (Wildman–Crippen MR) is 32.5 cm³/mol. The number of carbonyl (C=O) groups excluding carboxylic acids is 1. The van der Waals surface area contributed by atoms with Gasteiger partial charge in [0.25, 0.3) is 4.82 Å². The molecule has 0 unspecified atom stereocenters. The molecule has 1 N–H and O–H groups in total. The van der Waals surface area contributed by atoms with Gasteiger partial charge in [-0.15, -0.1) is 6.58 Å². The topological polar surface area (TPSA) is 29.1 Å². The van der Waals surface area contributed by atoms with Gasteiger partial charge in [-0.1, -0.05) is 6.08 Å². The Morgan fingerprint density at radius 1 is 2.00 bits per heavy atom. The molecule has 0 rings (SSSR count). The van der Waals surface area contributed by atoms with E-state index in [2.05, 4.69) is 27.8 Å². The second-order valence-electron chi connectivity index (χ2n) is 0.943. The van der Waals surface area contributed by atoms with Crippen LogP contribution in [0, 0.1) is 0 Å². The zero-order valence-electron chi connectivity index (χ0n) is 3.78. The number of hydrogen-bond acceptors (Lipinski definition) is 1. The van der Waals surface area contributed by atoms with Crippen molar-refractivity contribution in [2.24, 2.45) is 0 Å². The molecular formula is C4H6BrNO. The summed E-state index contributed by atoms with van der Waals surface area (Å²) in [5.74, 6) is 0. The van der Waals surface area contributed by atoms with Crippen LogP contribution < -0.4 is 5.32 Å². The molecule has 0 aromatic carbocycles. The minimum atomic E-state index is -0.201. The van der Waals surface area contributed by atoms with Crippen molar-refractivity contribution in [3.8, 4) is 0 Å². The maximum Gasteiger partial charge on any atom is 0.287 e. The van der Waals surface area contributed by atoms with Crippen LogP contribution in [0.2, 0.25) is 0 Å². The highest BCUT2D eigenvalue weighted by molar-refractivity contribution is 9.18. The Bertz CT molecular complexity index is 81.8. The van der Waals surface area contributed by atoms with Crippen LogP contribution in [0.5, 0.6) is 0 Å². The summed E-state index contributed by atoms with van der Waals surface area (Å²) in [5.41, 5.74) is 0. The molecule has 1 amide bonds. The molecule has 0 atom stereocenters. The number of nitrogens with one attached hydrogen (secondary N) is 1. The van der Waals surface area contributed by atoms with E-state index in [9.17, 15) is 4.79 Å². The second-order valence-corrected chi connectivity index (χ2v) is 1.66. The van der Waals surface area contributed by atoms with Crippen molar-refractivity contribution in [3.63, 3.8) is 0 Å². The summed E-state index contributed by atoms with van der Waals surface area (Å²) in [7, 11) is 0. The molecule has 0 spiro atoms. The first-order valence-corrected chi connectivity index (χ1v) is 2.61. The van der Waals surface area contributed by atoms with E-state index in [1.54, 1.807) is 6.08 Å². The highest BCUT2D eigenvalue weighted by Gasteiger charge is 1.83. The summed E-state index contributed by atoms with van der Waals surface area (Å²) in [6.45, 7) is 3.92. The molecule has 7 heavy (non-hydrogen) atoms. The lowest BCUT2D eigenvalue weighted by atomic mass is 10.6. The smallest absolute Gasteiger partial charge is 0.287 e. The molecule has 2 nitrogen and oxygen atoms in total. The summed E-state index contributed by atoms with van der Waals surface area (Å²) in [5, 5.41) is 2.45. The standard InChI is InChI=1S/C4H6BrNO/c1-2-3-6-4(5)7/h2H,1,3H2,(H,6,7). The van der Waals surface area contributed by atoms with Gasteiger partial charge in [0.15, 0.2) is 0 Å². The molecule has 0 aliphatic heterocycles. The fourth-order valence-electron chi connectivity index (χ4n) is 0.152. The molecule has 0 heterocycles. The number of carbonyl (C=O) groups is 1. The average Bonchev–Trinajstić information content (AvgIpc) is 1.61. The van der Waals surface area contributed by atoms with Crippen molar-refractivity contribution in [1.82, 2.24) is 5.32 Å². The largest absolute Gasteiger partial charge is 0.343 e. The van der Waals surface area contributed by atoms with Crippen molar-refractivity contribution in [3.05, 3.63) is 12.7 Å². The SMILES string of the molecule is C=CCNC(=O)Br. The highest BCUT2D eigenvalue weighted by Crippen LogP contribution is 1.78. The zero-order chi connectivity index (χ0) is 5.70. The molecule has 0 fully saturated rings. The summed E-state index contributed by atoms with van der Waals surface area (Å²) < 4.78 is 0. The molecule has 0 aliphatic rings. The van der Waals surface area contributed by atoms with Crippen LogP contribution in [0.3, 0.4) is 0 Å². The van der Waals surface area contributed by atoms with E-state index in [0.717, 1.165) is 0 Å². The summed E-state index contributed by atoms with van der Waals surface area (Å²) in [6.07, 6.45) is 1.61. The van der Waals surface area contributed by atoms with Crippen LogP contribution in [-0.4, -0.2) is 11.4 Å². The molecule has 0 aromatic rings. The normalized spacial score (nSPS) is 7.57. The summed E-state index contributed by atoms with van der Waals surface area (Å²) >= 11 is 2.68. The average molecular weight is 164 g/mol. The third kappa shape index (κ3) is 5.69. The molecule has 0 aliphatic carbocycles. The number of halogens is 1. The lowest BCUT2D eigenvalue weighted by Gasteiger charge is -1.88. The third-order valence-electron chi connectivity index (χ3n) is 0.385. The molecule has 3 heteroatoms. The van der Waals surface area contributed by atoms with Gasteiger partial charge in [-0.05, 0) is 0 Å². The highest BCUT2D eigenvalue weighted by atomic mass is 79.9. The third-order valence-corrected chi connectivity index (χ3v) is 0.666. The molecule has 0 saturated carbocycles. The lowest BCUT2D eigenvalue weighted by Crippen LogP contribution is -2.14. The van der Waals surface area contributed by atoms with Crippen LogP contribution in [0.4, 0.5) is 4.79 Å². The summed E-state index contributed by atoms with van der Waals surface area (Å²) in [6, 6.07) is 0. The molecule has 0 aromatic heterocycles. The summed E-state index contributed by atoms with van der Waals surface area (Å²) in [4.78, 5) is 9.76. The van der Waals surface area contributed by atoms with Crippen molar-refractivity contribution >= 4 is 20.7 Å². The lowest BCUT2D eigenvalue weighted by molar-refractivity contribution is 0.262. The molecule has 0 saturated heterocycles. The number of rotatable bonds is 2. The van der Waals surface area contributed by atoms with Gasteiger partial charge in [-0.3, -0.25) is 4.79 Å². The second kappa shape index (κ2) is 3.87. The van der Waals surface area contributed by atoms with Gasteiger partial charge in [0.1, 0.15) is 0 Å². The van der Waals surface area contributed by atoms with Gasteiger partial charge in [0.2, 0.25) is 0 Å². The van der Waals surface area contributed by atoms with E-state index in [-0.39, 0.29) is 4.82 Å². The van der Waals surface area contributed by atoms with E-state index in [1.807, 2.05) is 0 Å². The zero-order valence-corrected chi connectivity index (χ0v) is 5.36. The van der Waals surface area contributed by atoms with Gasteiger partial charge in [-0.2, -0.15) is 0 Å². The van der Waals surface area contributed by atoms with Crippen LogP contribution in [-0.2, 0) is 0 Å². The van der Waals surface area contributed by atoms with E-state index >= 15 is 0 Å². The Kier molecular flexibility index (Phi) is 3.69.